The van der Waals surface area contributed by atoms with Gasteiger partial charge in [0.15, 0.2) is 0 Å². The fraction of sp³-hybridized carbons (Fsp3) is 0.700. The maximum absolute atomic E-state index is 6.64. The maximum Gasteiger partial charge on any atom is 0.126 e. The minimum atomic E-state index is 0.283. The van der Waals surface area contributed by atoms with Crippen LogP contribution in [0.15, 0.2) is 12.1 Å². The van der Waals surface area contributed by atoms with Crippen LogP contribution in [0.25, 0.3) is 0 Å². The van der Waals surface area contributed by atoms with Gasteiger partial charge in [0, 0.05) is 17.0 Å². The molecule has 22 heavy (non-hydrogen) atoms. The van der Waals surface area contributed by atoms with Gasteiger partial charge >= 0.3 is 0 Å². The Morgan fingerprint density at radius 1 is 1.27 bits per heavy atom. The molecule has 1 spiro atoms. The average molecular weight is 297 g/mol. The Morgan fingerprint density at radius 2 is 2.09 bits per heavy atom. The maximum atomic E-state index is 6.64. The Morgan fingerprint density at radius 3 is 2.91 bits per heavy atom. The lowest BCUT2D eigenvalue weighted by atomic mass is 9.42. The van der Waals surface area contributed by atoms with Crippen LogP contribution in [0, 0.1) is 12.3 Å². The van der Waals surface area contributed by atoms with Crippen LogP contribution in [-0.4, -0.2) is 30.6 Å². The lowest BCUT2D eigenvalue weighted by Gasteiger charge is -2.65. The highest BCUT2D eigenvalue weighted by Gasteiger charge is 2.69. The molecule has 2 fully saturated rings. The third kappa shape index (κ3) is 1.18. The fourth-order valence-corrected chi connectivity index (χ4v) is 7.00. The first-order valence-electron chi connectivity index (χ1n) is 9.01. The molecule has 5 rings (SSSR count). The third-order valence-electron chi connectivity index (χ3n) is 7.77. The highest BCUT2D eigenvalue weighted by atomic mass is 16.5. The average Bonchev–Trinajstić information content (AvgIpc) is 2.81. The minimum Gasteiger partial charge on any atom is -0.489 e. The number of benzene rings is 1. The minimum absolute atomic E-state index is 0.283. The molecule has 4 aliphatic rings. The van der Waals surface area contributed by atoms with E-state index in [1.54, 1.807) is 11.1 Å². The van der Waals surface area contributed by atoms with Crippen molar-refractivity contribution in [3.63, 3.8) is 0 Å². The van der Waals surface area contributed by atoms with Crippen LogP contribution in [-0.2, 0) is 5.41 Å². The zero-order valence-corrected chi connectivity index (χ0v) is 14.3. The molecule has 1 aromatic carbocycles. The second-order valence-electron chi connectivity index (χ2n) is 8.53. The molecule has 2 bridgehead atoms. The normalized spacial score (nSPS) is 45.4. The highest BCUT2D eigenvalue weighted by Crippen LogP contribution is 2.70. The number of aryl methyl sites for hydroxylation is 1. The zero-order chi connectivity index (χ0) is 15.3. The summed E-state index contributed by atoms with van der Waals surface area (Å²) < 4.78 is 6.64. The van der Waals surface area contributed by atoms with Crippen molar-refractivity contribution in [3.05, 3.63) is 28.8 Å². The van der Waals surface area contributed by atoms with Crippen molar-refractivity contribution < 1.29 is 4.74 Å². The topological polar surface area (TPSA) is 12.5 Å². The molecule has 2 heteroatoms. The molecule has 1 saturated heterocycles. The van der Waals surface area contributed by atoms with Gasteiger partial charge in [-0.1, -0.05) is 26.0 Å². The van der Waals surface area contributed by atoms with Gasteiger partial charge in [-0.3, -0.25) is 0 Å². The SMILES string of the molecule is Cc1ccc2c3c1O[C@H]1CCCC4(C)[C@@H](C2C)N(C)CC[C@]314. The highest BCUT2D eigenvalue weighted by molar-refractivity contribution is 5.60. The number of hydrogen-bond donors (Lipinski definition) is 0. The van der Waals surface area contributed by atoms with Gasteiger partial charge in [-0.05, 0) is 68.7 Å². The molecule has 2 aliphatic carbocycles. The number of rotatable bonds is 0. The van der Waals surface area contributed by atoms with E-state index in [4.69, 9.17) is 4.74 Å². The lowest BCUT2D eigenvalue weighted by molar-refractivity contribution is -0.115. The van der Waals surface area contributed by atoms with E-state index in [9.17, 15) is 0 Å². The van der Waals surface area contributed by atoms with Crippen molar-refractivity contribution in [2.75, 3.05) is 13.6 Å². The molecule has 0 aromatic heterocycles. The van der Waals surface area contributed by atoms with E-state index in [1.807, 2.05) is 0 Å². The Kier molecular flexibility index (Phi) is 2.38. The summed E-state index contributed by atoms with van der Waals surface area (Å²) >= 11 is 0. The van der Waals surface area contributed by atoms with E-state index in [2.05, 4.69) is 44.9 Å². The van der Waals surface area contributed by atoms with Crippen molar-refractivity contribution in [1.82, 2.24) is 4.90 Å². The predicted molar refractivity (Wildman–Crippen MR) is 88.7 cm³/mol. The van der Waals surface area contributed by atoms with E-state index in [0.29, 0.717) is 23.5 Å². The molecule has 2 nitrogen and oxygen atoms in total. The number of likely N-dealkylation sites (tertiary alicyclic amines) is 1. The van der Waals surface area contributed by atoms with Gasteiger partial charge in [-0.2, -0.15) is 0 Å². The second kappa shape index (κ2) is 3.90. The van der Waals surface area contributed by atoms with Gasteiger partial charge in [0.25, 0.3) is 0 Å². The van der Waals surface area contributed by atoms with Crippen molar-refractivity contribution in [2.45, 2.75) is 69.9 Å². The standard InChI is InChI=1S/C20H27NO/c1-12-7-8-14-13(2)18-19(3)9-5-6-15-20(19,10-11-21(18)4)16(14)17(12)22-15/h7-8,13,15,18H,5-6,9-11H2,1-4H3/t13?,15-,18+,19?,20+/m0/s1. The summed E-state index contributed by atoms with van der Waals surface area (Å²) in [6.07, 6.45) is 5.62. The molecule has 5 atom stereocenters. The van der Waals surface area contributed by atoms with E-state index >= 15 is 0 Å². The Labute approximate surface area is 133 Å². The predicted octanol–water partition coefficient (Wildman–Crippen LogP) is 4.01. The molecule has 2 heterocycles. The molecule has 1 saturated carbocycles. The van der Waals surface area contributed by atoms with Crippen LogP contribution < -0.4 is 4.74 Å². The van der Waals surface area contributed by atoms with Crippen LogP contribution in [0.3, 0.4) is 0 Å². The Bertz CT molecular complexity index is 668. The summed E-state index contributed by atoms with van der Waals surface area (Å²) in [4.78, 5) is 2.65. The molecule has 0 N–H and O–H groups in total. The summed E-state index contributed by atoms with van der Waals surface area (Å²) in [5.74, 6) is 1.86. The van der Waals surface area contributed by atoms with Gasteiger partial charge in [-0.15, -0.1) is 0 Å². The van der Waals surface area contributed by atoms with Crippen molar-refractivity contribution in [1.29, 1.82) is 0 Å². The molecular formula is C20H27NO. The van der Waals surface area contributed by atoms with Crippen LogP contribution in [0.5, 0.6) is 5.75 Å². The van der Waals surface area contributed by atoms with Crippen LogP contribution in [0.4, 0.5) is 0 Å². The molecule has 2 aliphatic heterocycles. The zero-order valence-electron chi connectivity index (χ0n) is 14.3. The first kappa shape index (κ1) is 13.4. The largest absolute Gasteiger partial charge is 0.489 e. The van der Waals surface area contributed by atoms with Gasteiger partial charge < -0.3 is 9.64 Å². The van der Waals surface area contributed by atoms with E-state index in [-0.39, 0.29) is 5.41 Å². The second-order valence-corrected chi connectivity index (χ2v) is 8.53. The van der Waals surface area contributed by atoms with Crippen molar-refractivity contribution >= 4 is 0 Å². The van der Waals surface area contributed by atoms with E-state index in [1.165, 1.54) is 43.5 Å². The van der Waals surface area contributed by atoms with Gasteiger partial charge in [0.1, 0.15) is 11.9 Å². The molecule has 0 radical (unpaired) electrons. The molecule has 2 unspecified atom stereocenters. The van der Waals surface area contributed by atoms with Crippen LogP contribution in [0.1, 0.15) is 62.1 Å². The first-order chi connectivity index (χ1) is 10.5. The smallest absolute Gasteiger partial charge is 0.126 e. The summed E-state index contributed by atoms with van der Waals surface area (Å²) in [6, 6.07) is 5.36. The quantitative estimate of drug-likeness (QED) is 0.717. The molecule has 0 amide bonds. The molecule has 1 aromatic rings. The van der Waals surface area contributed by atoms with Crippen molar-refractivity contribution in [2.24, 2.45) is 5.41 Å². The first-order valence-corrected chi connectivity index (χ1v) is 9.01. The number of hydrogen-bond acceptors (Lipinski definition) is 2. The molecular weight excluding hydrogens is 270 g/mol. The Hall–Kier alpha value is -1.02. The summed E-state index contributed by atoms with van der Waals surface area (Å²) in [7, 11) is 2.35. The van der Waals surface area contributed by atoms with Gasteiger partial charge in [-0.25, -0.2) is 0 Å². The lowest BCUT2D eigenvalue weighted by Crippen LogP contribution is -2.69. The number of nitrogens with zero attached hydrogens (tertiary/aromatic N) is 1. The van der Waals surface area contributed by atoms with Crippen LogP contribution >= 0.6 is 0 Å². The summed E-state index contributed by atoms with van der Waals surface area (Å²) in [6.45, 7) is 8.48. The fourth-order valence-electron chi connectivity index (χ4n) is 7.00. The number of piperidine rings is 1. The van der Waals surface area contributed by atoms with E-state index in [0.717, 1.165) is 0 Å². The monoisotopic (exact) mass is 297 g/mol. The van der Waals surface area contributed by atoms with Gasteiger partial charge in [0.05, 0.1) is 0 Å². The summed E-state index contributed by atoms with van der Waals surface area (Å²) in [5, 5.41) is 0. The third-order valence-corrected chi connectivity index (χ3v) is 7.77. The van der Waals surface area contributed by atoms with Gasteiger partial charge in [0.2, 0.25) is 0 Å². The van der Waals surface area contributed by atoms with E-state index < -0.39 is 0 Å². The summed E-state index contributed by atoms with van der Waals surface area (Å²) in [5.41, 5.74) is 5.20. The number of ether oxygens (including phenoxy) is 1. The number of likely N-dealkylation sites (N-methyl/N-ethyl adjacent to an activating group) is 1. The Balaban J connectivity index is 1.89. The van der Waals surface area contributed by atoms with Crippen molar-refractivity contribution in [3.8, 4) is 5.75 Å². The molecule has 118 valence electrons. The van der Waals surface area contributed by atoms with Crippen LogP contribution in [0.2, 0.25) is 0 Å².